The maximum Gasteiger partial charge on any atom is 1.00 e. The van der Waals surface area contributed by atoms with E-state index < -0.39 is 5.97 Å². The molecule has 3 heteroatoms. The molecule has 0 aromatic heterocycles. The Bertz CT molecular complexity index is 121. The second-order valence-electron chi connectivity index (χ2n) is 3.27. The van der Waals surface area contributed by atoms with Gasteiger partial charge >= 0.3 is 57.4 Å². The van der Waals surface area contributed by atoms with Crippen LogP contribution < -0.4 is 51.4 Å². The molecule has 0 amide bonds. The van der Waals surface area contributed by atoms with Crippen LogP contribution in [-0.2, 0) is 4.79 Å². The molecule has 0 aromatic carbocycles. The maximum atomic E-state index is 10.1. The van der Waals surface area contributed by atoms with Gasteiger partial charge in [0.25, 0.3) is 0 Å². The topological polar surface area (TPSA) is 37.3 Å². The van der Waals surface area contributed by atoms with Crippen LogP contribution in [0.3, 0.4) is 0 Å². The summed E-state index contributed by atoms with van der Waals surface area (Å²) in [6.07, 6.45) is 8.64. The van der Waals surface area contributed by atoms with Gasteiger partial charge in [-0.2, -0.15) is 0 Å². The van der Waals surface area contributed by atoms with Gasteiger partial charge < -0.3 is 6.53 Å². The van der Waals surface area contributed by atoms with Crippen LogP contribution >= 0.6 is 0 Å². The number of carbonyl (C=O) groups is 1. The predicted molar refractivity (Wildman–Crippen MR) is 51.4 cm³/mol. The minimum Gasteiger partial charge on any atom is -1.00 e. The molecular formula is C10H21KO2. The van der Waals surface area contributed by atoms with Crippen LogP contribution in [0.2, 0.25) is 0 Å². The Kier molecular flexibility index (Phi) is 16.7. The molecule has 1 N–H and O–H groups in total. The van der Waals surface area contributed by atoms with E-state index in [1.165, 1.54) is 32.1 Å². The third-order valence-electron chi connectivity index (χ3n) is 1.99. The zero-order chi connectivity index (χ0) is 9.23. The average molecular weight is 212 g/mol. The van der Waals surface area contributed by atoms with Crippen molar-refractivity contribution in [3.05, 3.63) is 0 Å². The Labute approximate surface area is 125 Å². The maximum absolute atomic E-state index is 10.1. The van der Waals surface area contributed by atoms with Gasteiger partial charge in [0.15, 0.2) is 0 Å². The van der Waals surface area contributed by atoms with Gasteiger partial charge in [0.2, 0.25) is 0 Å². The van der Waals surface area contributed by atoms with Crippen LogP contribution in [0.15, 0.2) is 0 Å². The zero-order valence-corrected chi connectivity index (χ0v) is 12.1. The van der Waals surface area contributed by atoms with Crippen LogP contribution in [-0.4, -0.2) is 11.1 Å². The fourth-order valence-corrected chi connectivity index (χ4v) is 1.23. The van der Waals surface area contributed by atoms with Gasteiger partial charge in [-0.3, -0.25) is 4.79 Å². The fraction of sp³-hybridized carbons (Fsp3) is 0.900. The third-order valence-corrected chi connectivity index (χ3v) is 1.99. The molecule has 0 aliphatic rings. The molecule has 0 aliphatic carbocycles. The SMILES string of the molecule is CCCCCCCCCC(=O)O.[H-].[K+]. The smallest absolute Gasteiger partial charge is 1.00 e. The number of unbranched alkanes of at least 4 members (excludes halogenated alkanes) is 6. The number of rotatable bonds is 8. The zero-order valence-electron chi connectivity index (χ0n) is 10.0. The summed E-state index contributed by atoms with van der Waals surface area (Å²) in [5.41, 5.74) is 0. The summed E-state index contributed by atoms with van der Waals surface area (Å²) in [5.74, 6) is -0.663. The number of carboxylic acid groups (broad SMARTS) is 1. The number of hydrogen-bond acceptors (Lipinski definition) is 1. The van der Waals surface area contributed by atoms with Crippen molar-refractivity contribution in [2.45, 2.75) is 58.3 Å². The number of hydrogen-bond donors (Lipinski definition) is 1. The van der Waals surface area contributed by atoms with Crippen LogP contribution in [0.5, 0.6) is 0 Å². The largest absolute Gasteiger partial charge is 1.00 e. The van der Waals surface area contributed by atoms with Crippen molar-refractivity contribution in [1.82, 2.24) is 0 Å². The summed E-state index contributed by atoms with van der Waals surface area (Å²) in [7, 11) is 0. The number of carboxylic acids is 1. The molecule has 0 rings (SSSR count). The van der Waals surface area contributed by atoms with Crippen LogP contribution in [0.4, 0.5) is 0 Å². The van der Waals surface area contributed by atoms with E-state index in [1.807, 2.05) is 0 Å². The van der Waals surface area contributed by atoms with Gasteiger partial charge in [-0.05, 0) is 6.42 Å². The molecule has 74 valence electrons. The minimum atomic E-state index is -0.663. The first-order valence-corrected chi connectivity index (χ1v) is 4.99. The molecular weight excluding hydrogens is 191 g/mol. The van der Waals surface area contributed by atoms with Gasteiger partial charge in [-0.25, -0.2) is 0 Å². The first kappa shape index (κ1) is 16.5. The van der Waals surface area contributed by atoms with Crippen LogP contribution in [0, 0.1) is 0 Å². The molecule has 0 atom stereocenters. The fourth-order valence-electron chi connectivity index (χ4n) is 1.23. The van der Waals surface area contributed by atoms with Crippen molar-refractivity contribution in [2.24, 2.45) is 0 Å². The summed E-state index contributed by atoms with van der Waals surface area (Å²) >= 11 is 0. The van der Waals surface area contributed by atoms with E-state index >= 15 is 0 Å². The Morgan fingerprint density at radius 1 is 1.08 bits per heavy atom. The molecule has 0 spiro atoms. The molecule has 0 aliphatic heterocycles. The molecule has 0 fully saturated rings. The van der Waals surface area contributed by atoms with Crippen molar-refractivity contribution >= 4 is 5.97 Å². The Morgan fingerprint density at radius 2 is 1.54 bits per heavy atom. The van der Waals surface area contributed by atoms with E-state index in [9.17, 15) is 4.79 Å². The van der Waals surface area contributed by atoms with Gasteiger partial charge in [-0.1, -0.05) is 45.4 Å². The van der Waals surface area contributed by atoms with E-state index in [-0.39, 0.29) is 52.8 Å². The van der Waals surface area contributed by atoms with Crippen molar-refractivity contribution in [1.29, 1.82) is 0 Å². The van der Waals surface area contributed by atoms with E-state index in [2.05, 4.69) is 6.92 Å². The van der Waals surface area contributed by atoms with Gasteiger partial charge in [0, 0.05) is 6.42 Å². The average Bonchev–Trinajstić information content (AvgIpc) is 2.02. The van der Waals surface area contributed by atoms with E-state index in [0.717, 1.165) is 12.8 Å². The molecule has 0 bridgehead atoms. The summed E-state index contributed by atoms with van der Waals surface area (Å²) in [4.78, 5) is 10.1. The van der Waals surface area contributed by atoms with Crippen molar-refractivity contribution in [2.75, 3.05) is 0 Å². The van der Waals surface area contributed by atoms with Gasteiger partial charge in [-0.15, -0.1) is 0 Å². The predicted octanol–water partition coefficient (Wildman–Crippen LogP) is 0.328. The van der Waals surface area contributed by atoms with Crippen molar-refractivity contribution < 1.29 is 62.7 Å². The summed E-state index contributed by atoms with van der Waals surface area (Å²) in [6, 6.07) is 0. The standard InChI is InChI=1S/C10H20O2.K.H/c1-2-3-4-5-6-7-8-9-10(11)12;;/h2-9H2,1H3,(H,11,12);;/q;+1;-1. The molecule has 13 heavy (non-hydrogen) atoms. The van der Waals surface area contributed by atoms with Gasteiger partial charge in [0.05, 0.1) is 0 Å². The summed E-state index contributed by atoms with van der Waals surface area (Å²) < 4.78 is 0. The third kappa shape index (κ3) is 15.8. The number of aliphatic carboxylic acids is 1. The van der Waals surface area contributed by atoms with Crippen molar-refractivity contribution in [3.8, 4) is 0 Å². The molecule has 0 saturated carbocycles. The second-order valence-corrected chi connectivity index (χ2v) is 3.27. The minimum absolute atomic E-state index is 0. The van der Waals surface area contributed by atoms with E-state index in [1.54, 1.807) is 0 Å². The first-order chi connectivity index (χ1) is 5.77. The Hall–Kier alpha value is 1.11. The van der Waals surface area contributed by atoms with E-state index in [4.69, 9.17) is 5.11 Å². The molecule has 0 unspecified atom stereocenters. The molecule has 2 nitrogen and oxygen atoms in total. The molecule has 0 radical (unpaired) electrons. The quantitative estimate of drug-likeness (QED) is 0.465. The monoisotopic (exact) mass is 212 g/mol. The van der Waals surface area contributed by atoms with Crippen molar-refractivity contribution in [3.63, 3.8) is 0 Å². The van der Waals surface area contributed by atoms with Gasteiger partial charge in [0.1, 0.15) is 0 Å². The molecule has 0 saturated heterocycles. The normalized spacial score (nSPS) is 9.31. The summed E-state index contributed by atoms with van der Waals surface area (Å²) in [5, 5.41) is 8.35. The van der Waals surface area contributed by atoms with Crippen LogP contribution in [0.25, 0.3) is 0 Å². The van der Waals surface area contributed by atoms with E-state index in [0.29, 0.717) is 6.42 Å². The second kappa shape index (κ2) is 13.1. The Balaban J connectivity index is -0.000000605. The molecule has 0 aromatic rings. The van der Waals surface area contributed by atoms with Crippen LogP contribution in [0.1, 0.15) is 59.7 Å². The Morgan fingerprint density at radius 3 is 2.00 bits per heavy atom. The molecule has 0 heterocycles. The first-order valence-electron chi connectivity index (χ1n) is 4.99. The summed E-state index contributed by atoms with van der Waals surface area (Å²) in [6.45, 7) is 2.20.